The molecule has 2 nitrogen and oxygen atoms in total. The molecule has 1 aromatic heterocycles. The third kappa shape index (κ3) is 2.98. The van der Waals surface area contributed by atoms with Gasteiger partial charge in [-0.25, -0.2) is 0 Å². The molecule has 0 saturated heterocycles. The van der Waals surface area contributed by atoms with E-state index in [0.717, 1.165) is 11.1 Å². The molecular weight excluding hydrogens is 255 g/mol. The van der Waals surface area contributed by atoms with Gasteiger partial charge in [0, 0.05) is 12.1 Å². The summed E-state index contributed by atoms with van der Waals surface area (Å²) in [5.41, 5.74) is 7.00. The second-order valence-corrected chi connectivity index (χ2v) is 4.40. The van der Waals surface area contributed by atoms with Crippen molar-refractivity contribution in [3.05, 3.63) is 47.7 Å². The molecule has 19 heavy (non-hydrogen) atoms. The molecule has 0 bridgehead atoms. The molecule has 1 atom stereocenters. The summed E-state index contributed by atoms with van der Waals surface area (Å²) in [6.45, 7) is 1.41. The molecule has 0 aliphatic heterocycles. The monoisotopic (exact) mass is 269 g/mol. The van der Waals surface area contributed by atoms with E-state index in [-0.39, 0.29) is 5.76 Å². The number of rotatable bonds is 3. The Hall–Kier alpha value is -1.75. The van der Waals surface area contributed by atoms with E-state index < -0.39 is 18.6 Å². The Morgan fingerprint density at radius 3 is 2.26 bits per heavy atom. The van der Waals surface area contributed by atoms with Crippen LogP contribution in [-0.2, 0) is 0 Å². The van der Waals surface area contributed by atoms with Gasteiger partial charge in [-0.2, -0.15) is 13.2 Å². The zero-order valence-corrected chi connectivity index (χ0v) is 10.4. The van der Waals surface area contributed by atoms with Crippen LogP contribution in [0.4, 0.5) is 13.2 Å². The maximum absolute atomic E-state index is 12.7. The van der Waals surface area contributed by atoms with E-state index in [1.54, 1.807) is 0 Å². The van der Waals surface area contributed by atoms with E-state index in [1.807, 2.05) is 31.2 Å². The molecular formula is C14H14F3NO. The molecule has 0 aliphatic carbocycles. The van der Waals surface area contributed by atoms with Crippen molar-refractivity contribution in [2.75, 3.05) is 6.54 Å². The van der Waals surface area contributed by atoms with Gasteiger partial charge in [-0.15, -0.1) is 0 Å². The van der Waals surface area contributed by atoms with E-state index in [0.29, 0.717) is 5.76 Å². The summed E-state index contributed by atoms with van der Waals surface area (Å²) in [6, 6.07) is 10.2. The Labute approximate surface area is 109 Å². The Kier molecular flexibility index (Phi) is 3.66. The molecule has 1 heterocycles. The van der Waals surface area contributed by atoms with E-state index in [2.05, 4.69) is 0 Å². The lowest BCUT2D eigenvalue weighted by Gasteiger charge is -2.15. The predicted octanol–water partition coefficient (Wildman–Crippen LogP) is 3.86. The molecule has 102 valence electrons. The summed E-state index contributed by atoms with van der Waals surface area (Å²) >= 11 is 0. The minimum absolute atomic E-state index is 0.148. The molecule has 1 unspecified atom stereocenters. The highest BCUT2D eigenvalue weighted by molar-refractivity contribution is 5.58. The van der Waals surface area contributed by atoms with Crippen LogP contribution < -0.4 is 5.73 Å². The van der Waals surface area contributed by atoms with Crippen LogP contribution in [0.15, 0.2) is 40.8 Å². The van der Waals surface area contributed by atoms with Crippen molar-refractivity contribution in [1.29, 1.82) is 0 Å². The highest BCUT2D eigenvalue weighted by Crippen LogP contribution is 2.36. The van der Waals surface area contributed by atoms with E-state index in [9.17, 15) is 13.2 Å². The largest absolute Gasteiger partial charge is 0.460 e. The Bertz CT molecular complexity index is 543. The lowest BCUT2D eigenvalue weighted by Crippen LogP contribution is -2.27. The first-order valence-corrected chi connectivity index (χ1v) is 5.85. The third-order valence-electron chi connectivity index (χ3n) is 2.94. The van der Waals surface area contributed by atoms with Crippen LogP contribution in [0, 0.1) is 6.92 Å². The van der Waals surface area contributed by atoms with Crippen molar-refractivity contribution in [1.82, 2.24) is 0 Å². The maximum Gasteiger partial charge on any atom is 0.399 e. The highest BCUT2D eigenvalue weighted by Gasteiger charge is 2.41. The number of furan rings is 1. The van der Waals surface area contributed by atoms with Crippen molar-refractivity contribution in [3.63, 3.8) is 0 Å². The normalized spacial score (nSPS) is 13.5. The quantitative estimate of drug-likeness (QED) is 0.919. The first-order chi connectivity index (χ1) is 8.91. The lowest BCUT2D eigenvalue weighted by molar-refractivity contribution is -0.151. The number of benzene rings is 1. The maximum atomic E-state index is 12.7. The van der Waals surface area contributed by atoms with Crippen molar-refractivity contribution in [2.45, 2.75) is 19.0 Å². The van der Waals surface area contributed by atoms with Crippen molar-refractivity contribution >= 4 is 0 Å². The first kappa shape index (κ1) is 13.7. The van der Waals surface area contributed by atoms with Crippen LogP contribution in [-0.4, -0.2) is 12.7 Å². The van der Waals surface area contributed by atoms with Gasteiger partial charge in [-0.1, -0.05) is 29.8 Å². The fraction of sp³-hybridized carbons (Fsp3) is 0.286. The van der Waals surface area contributed by atoms with E-state index in [4.69, 9.17) is 10.2 Å². The SMILES string of the molecule is Cc1ccc(-c2ccc(C(CN)C(F)(F)F)o2)cc1. The second kappa shape index (κ2) is 5.09. The van der Waals surface area contributed by atoms with Gasteiger partial charge in [0.2, 0.25) is 0 Å². The molecule has 0 spiro atoms. The van der Waals surface area contributed by atoms with E-state index >= 15 is 0 Å². The summed E-state index contributed by atoms with van der Waals surface area (Å²) < 4.78 is 43.5. The fourth-order valence-electron chi connectivity index (χ4n) is 1.82. The van der Waals surface area contributed by atoms with Crippen molar-refractivity contribution in [3.8, 4) is 11.3 Å². The number of nitrogens with two attached hydrogens (primary N) is 1. The van der Waals surface area contributed by atoms with Gasteiger partial charge in [-0.3, -0.25) is 0 Å². The number of halogens is 3. The first-order valence-electron chi connectivity index (χ1n) is 5.85. The number of alkyl halides is 3. The fourth-order valence-corrected chi connectivity index (χ4v) is 1.82. The second-order valence-electron chi connectivity index (χ2n) is 4.40. The van der Waals surface area contributed by atoms with Crippen LogP contribution in [0.2, 0.25) is 0 Å². The standard InChI is InChI=1S/C14H14F3NO/c1-9-2-4-10(5-3-9)12-6-7-13(19-12)11(8-18)14(15,16)17/h2-7,11H,8,18H2,1H3. The van der Waals surface area contributed by atoms with Crippen LogP contribution in [0.1, 0.15) is 17.2 Å². The Morgan fingerprint density at radius 1 is 1.11 bits per heavy atom. The molecule has 2 N–H and O–H groups in total. The summed E-state index contributed by atoms with van der Waals surface area (Å²) in [5, 5.41) is 0. The minimum atomic E-state index is -4.39. The van der Waals surface area contributed by atoms with Gasteiger partial charge >= 0.3 is 6.18 Å². The number of hydrogen-bond donors (Lipinski definition) is 1. The van der Waals surface area contributed by atoms with Crippen LogP contribution in [0.3, 0.4) is 0 Å². The summed E-state index contributed by atoms with van der Waals surface area (Å²) in [4.78, 5) is 0. The molecule has 0 radical (unpaired) electrons. The average Bonchev–Trinajstić information content (AvgIpc) is 2.78. The highest BCUT2D eigenvalue weighted by atomic mass is 19.4. The van der Waals surface area contributed by atoms with Gasteiger partial charge < -0.3 is 10.2 Å². The molecule has 0 saturated carbocycles. The zero-order chi connectivity index (χ0) is 14.0. The molecule has 5 heteroatoms. The zero-order valence-electron chi connectivity index (χ0n) is 10.4. The van der Waals surface area contributed by atoms with Crippen LogP contribution >= 0.6 is 0 Å². The summed E-state index contributed by atoms with van der Waals surface area (Å²) in [5.74, 6) is -1.49. The molecule has 0 aliphatic rings. The molecule has 0 amide bonds. The van der Waals surface area contributed by atoms with Gasteiger partial charge in [0.05, 0.1) is 0 Å². The topological polar surface area (TPSA) is 39.2 Å². The molecule has 1 aromatic carbocycles. The van der Waals surface area contributed by atoms with Gasteiger partial charge in [0.25, 0.3) is 0 Å². The predicted molar refractivity (Wildman–Crippen MR) is 66.7 cm³/mol. The van der Waals surface area contributed by atoms with Gasteiger partial charge in [0.15, 0.2) is 0 Å². The number of hydrogen-bond acceptors (Lipinski definition) is 2. The third-order valence-corrected chi connectivity index (χ3v) is 2.94. The number of aryl methyl sites for hydroxylation is 1. The summed E-state index contributed by atoms with van der Waals surface area (Å²) in [6.07, 6.45) is -4.39. The molecule has 2 rings (SSSR count). The van der Waals surface area contributed by atoms with Crippen LogP contribution in [0.5, 0.6) is 0 Å². The van der Waals surface area contributed by atoms with E-state index in [1.165, 1.54) is 12.1 Å². The van der Waals surface area contributed by atoms with Crippen LogP contribution in [0.25, 0.3) is 11.3 Å². The molecule has 2 aromatic rings. The smallest absolute Gasteiger partial charge is 0.399 e. The Morgan fingerprint density at radius 2 is 1.74 bits per heavy atom. The Balaban J connectivity index is 2.30. The minimum Gasteiger partial charge on any atom is -0.460 e. The summed E-state index contributed by atoms with van der Waals surface area (Å²) in [7, 11) is 0. The van der Waals surface area contributed by atoms with Crippen molar-refractivity contribution < 1.29 is 17.6 Å². The van der Waals surface area contributed by atoms with Crippen molar-refractivity contribution in [2.24, 2.45) is 5.73 Å². The molecule has 0 fully saturated rings. The lowest BCUT2D eigenvalue weighted by atomic mass is 10.1. The average molecular weight is 269 g/mol. The van der Waals surface area contributed by atoms with Gasteiger partial charge in [-0.05, 0) is 19.1 Å². The van der Waals surface area contributed by atoms with Gasteiger partial charge in [0.1, 0.15) is 17.4 Å².